The molecule has 8 aromatic rings. The molecule has 438 valence electrons. The van der Waals surface area contributed by atoms with Gasteiger partial charge in [-0.3, -0.25) is 9.59 Å². The summed E-state index contributed by atoms with van der Waals surface area (Å²) in [6, 6.07) is 48.4. The van der Waals surface area contributed by atoms with Gasteiger partial charge in [-0.1, -0.05) is 54.6 Å². The number of ketones is 2. The van der Waals surface area contributed by atoms with Crippen LogP contribution >= 0.6 is 0 Å². The van der Waals surface area contributed by atoms with Gasteiger partial charge in [0.2, 0.25) is 0 Å². The summed E-state index contributed by atoms with van der Waals surface area (Å²) in [5.41, 5.74) is 6.65. The lowest BCUT2D eigenvalue weighted by Gasteiger charge is -2.33. The van der Waals surface area contributed by atoms with Crippen LogP contribution in [0.1, 0.15) is 95.4 Å². The molecule has 0 spiro atoms. The molecule has 1 fully saturated rings. The molecule has 8 aromatic carbocycles. The van der Waals surface area contributed by atoms with E-state index in [4.69, 9.17) is 56.8 Å². The van der Waals surface area contributed by atoms with Crippen LogP contribution in [0.2, 0.25) is 0 Å². The van der Waals surface area contributed by atoms with Crippen molar-refractivity contribution in [3.63, 3.8) is 0 Å². The molecule has 1 saturated heterocycles. The molecule has 0 amide bonds. The van der Waals surface area contributed by atoms with Crippen LogP contribution in [0.25, 0.3) is 6.08 Å². The molecule has 15 nitrogen and oxygen atoms in total. The number of fused-ring (bicyclic) bond motifs is 1. The summed E-state index contributed by atoms with van der Waals surface area (Å²) in [6.07, 6.45) is 1.33. The Kier molecular flexibility index (Phi) is 17.9. The molecule has 0 bridgehead atoms. The molecule has 2 heterocycles. The van der Waals surface area contributed by atoms with Crippen LogP contribution in [0.15, 0.2) is 164 Å². The number of rotatable bonds is 23. The number of Topliss-reactive ketones (excluding diaryl/α,β-unsaturated/α-hetero) is 1. The number of phenols is 1. The molecule has 0 radical (unpaired) electrons. The number of methoxy groups -OCH3 is 10. The second-order valence-electron chi connectivity index (χ2n) is 20.6. The molecule has 0 saturated carbocycles. The highest BCUT2D eigenvalue weighted by Crippen LogP contribution is 2.60. The van der Waals surface area contributed by atoms with E-state index in [9.17, 15) is 9.90 Å². The quantitative estimate of drug-likeness (QED) is 0.0475. The lowest BCUT2D eigenvalue weighted by Crippen LogP contribution is -2.27. The van der Waals surface area contributed by atoms with E-state index in [0.717, 1.165) is 33.4 Å². The number of aromatic hydroxyl groups is 1. The van der Waals surface area contributed by atoms with E-state index in [1.807, 2.05) is 115 Å². The molecule has 10 rings (SSSR count). The Morgan fingerprint density at radius 2 is 0.988 bits per heavy atom. The Hall–Kier alpha value is -9.60. The van der Waals surface area contributed by atoms with Gasteiger partial charge in [0.05, 0.1) is 100 Å². The summed E-state index contributed by atoms with van der Waals surface area (Å²) in [4.78, 5) is 29.6. The molecule has 85 heavy (non-hydrogen) atoms. The fourth-order valence-corrected chi connectivity index (χ4v) is 11.9. The predicted molar refractivity (Wildman–Crippen MR) is 322 cm³/mol. The van der Waals surface area contributed by atoms with Crippen molar-refractivity contribution in [2.45, 2.75) is 36.6 Å². The van der Waals surface area contributed by atoms with Gasteiger partial charge >= 0.3 is 0 Å². The molecular weight excluding hydrogens is 1080 g/mol. The van der Waals surface area contributed by atoms with Crippen molar-refractivity contribution in [1.82, 2.24) is 0 Å². The summed E-state index contributed by atoms with van der Waals surface area (Å²) >= 11 is 0. The molecule has 0 aromatic heterocycles. The van der Waals surface area contributed by atoms with Crippen molar-refractivity contribution in [3.05, 3.63) is 219 Å². The van der Waals surface area contributed by atoms with Crippen molar-refractivity contribution >= 4 is 17.6 Å². The first-order valence-electron chi connectivity index (χ1n) is 27.6. The zero-order valence-electron chi connectivity index (χ0n) is 49.1. The second kappa shape index (κ2) is 25.9. The number of hydrogen-bond donors (Lipinski definition) is 1. The zero-order valence-corrected chi connectivity index (χ0v) is 49.1. The van der Waals surface area contributed by atoms with E-state index >= 15 is 4.79 Å². The average molecular weight is 1150 g/mol. The van der Waals surface area contributed by atoms with Gasteiger partial charge in [0.15, 0.2) is 11.6 Å². The van der Waals surface area contributed by atoms with Crippen LogP contribution < -0.4 is 52.1 Å². The molecule has 0 unspecified atom stereocenters. The maximum absolute atomic E-state index is 15.7. The van der Waals surface area contributed by atoms with Crippen LogP contribution in [0.3, 0.4) is 0 Å². The highest BCUT2D eigenvalue weighted by Gasteiger charge is 2.52. The summed E-state index contributed by atoms with van der Waals surface area (Å²) in [7, 11) is 15.8. The minimum atomic E-state index is -0.883. The van der Waals surface area contributed by atoms with E-state index in [1.165, 1.54) is 26.4 Å². The molecule has 2 aliphatic rings. The van der Waals surface area contributed by atoms with Gasteiger partial charge < -0.3 is 61.9 Å². The number of carbonyl (C=O) groups is 2. The first-order chi connectivity index (χ1) is 41.4. The lowest BCUT2D eigenvalue weighted by atomic mass is 9.71. The number of ether oxygens (including phenoxy) is 12. The number of benzene rings is 8. The smallest absolute Gasteiger partial charge is 0.189 e. The molecule has 2 aliphatic heterocycles. The molecule has 15 heteroatoms. The van der Waals surface area contributed by atoms with Crippen LogP contribution in [-0.4, -0.2) is 87.8 Å². The number of carbonyl (C=O) groups excluding carboxylic acids is 2. The largest absolute Gasteiger partial charge is 0.507 e. The third-order valence-corrected chi connectivity index (χ3v) is 16.2. The zero-order chi connectivity index (χ0) is 59.9. The maximum Gasteiger partial charge on any atom is 0.189 e. The van der Waals surface area contributed by atoms with Gasteiger partial charge in [-0.05, 0) is 120 Å². The second-order valence-corrected chi connectivity index (χ2v) is 20.6. The van der Waals surface area contributed by atoms with Crippen molar-refractivity contribution in [2.75, 3.05) is 71.1 Å². The topological polar surface area (TPSA) is 165 Å². The van der Waals surface area contributed by atoms with Gasteiger partial charge in [0, 0.05) is 64.3 Å². The van der Waals surface area contributed by atoms with Crippen LogP contribution in [0, 0.1) is 11.8 Å². The average Bonchev–Trinajstić information content (AvgIpc) is 1.87. The van der Waals surface area contributed by atoms with Gasteiger partial charge in [-0.2, -0.15) is 0 Å². The monoisotopic (exact) mass is 1150 g/mol. The number of allylic oxidation sites excluding steroid dienone is 1. The fourth-order valence-electron chi connectivity index (χ4n) is 11.9. The Morgan fingerprint density at radius 3 is 1.56 bits per heavy atom. The normalized spacial score (nSPS) is 18.1. The van der Waals surface area contributed by atoms with Crippen molar-refractivity contribution in [1.29, 1.82) is 0 Å². The summed E-state index contributed by atoms with van der Waals surface area (Å²) in [5, 5.41) is 11.6. The van der Waals surface area contributed by atoms with Crippen molar-refractivity contribution in [3.8, 4) is 69.0 Å². The Labute approximate surface area is 495 Å². The lowest BCUT2D eigenvalue weighted by molar-refractivity contribution is 0.0253. The standard InChI is InChI=1S/C70H68O15/c1-74-44-19-11-40(12-20-44)34-56-66(67(73)51-29-26-47(77-4)35-58(51)72)69(43-17-23-46(76-3)24-18-43)85-70(56)55-38-54(62(82-9)39-63(55)83-10)64(52-30-27-49(79-6)37-61(52)81-8)65-53-33-41(13-31-57(71)50-28-25-48(78-5)36-60(50)80-7)14-32-59(53)84-68(65)42-15-21-45(75-2)22-16-42/h11-33,35-39,56,64-66,68-70,72H,34H2,1-10H3/t56-,64+,65-,66+,68-,69+,70-/m0/s1. The number of hydrogen-bond acceptors (Lipinski definition) is 15. The van der Waals surface area contributed by atoms with Crippen molar-refractivity contribution < 1.29 is 71.5 Å². The predicted octanol–water partition coefficient (Wildman–Crippen LogP) is 13.6. The fraction of sp³-hybridized carbons (Fsp3) is 0.257. The van der Waals surface area contributed by atoms with E-state index in [0.29, 0.717) is 86.4 Å². The highest BCUT2D eigenvalue weighted by molar-refractivity contribution is 6.08. The minimum Gasteiger partial charge on any atom is -0.507 e. The van der Waals surface area contributed by atoms with E-state index in [2.05, 4.69) is 6.07 Å². The van der Waals surface area contributed by atoms with E-state index < -0.39 is 42.0 Å². The van der Waals surface area contributed by atoms with Crippen molar-refractivity contribution in [2.24, 2.45) is 11.8 Å². The Bertz CT molecular complexity index is 3710. The van der Waals surface area contributed by atoms with Crippen LogP contribution in [0.4, 0.5) is 0 Å². The highest BCUT2D eigenvalue weighted by atomic mass is 16.5. The van der Waals surface area contributed by atoms with Crippen LogP contribution in [0.5, 0.6) is 69.0 Å². The van der Waals surface area contributed by atoms with Gasteiger partial charge in [0.25, 0.3) is 0 Å². The van der Waals surface area contributed by atoms with Crippen LogP contribution in [-0.2, 0) is 11.2 Å². The Morgan fingerprint density at radius 1 is 0.471 bits per heavy atom. The first-order valence-corrected chi connectivity index (χ1v) is 27.6. The molecule has 1 N–H and O–H groups in total. The summed E-state index contributed by atoms with van der Waals surface area (Å²) in [6.45, 7) is 0. The van der Waals surface area contributed by atoms with E-state index in [-0.39, 0.29) is 22.9 Å². The molecule has 0 aliphatic carbocycles. The van der Waals surface area contributed by atoms with E-state index in [1.54, 1.807) is 93.3 Å². The summed E-state index contributed by atoms with van der Waals surface area (Å²) < 4.78 is 72.9. The summed E-state index contributed by atoms with van der Waals surface area (Å²) in [5.74, 6) is 2.45. The van der Waals surface area contributed by atoms with Gasteiger partial charge in [-0.15, -0.1) is 0 Å². The molecular formula is C70H68O15. The minimum absolute atomic E-state index is 0.117. The molecule has 7 atom stereocenters. The third kappa shape index (κ3) is 11.9. The van der Waals surface area contributed by atoms with Gasteiger partial charge in [-0.25, -0.2) is 0 Å². The SMILES string of the molecule is COc1ccc(C[C@H]2[C@H](C(=O)c3ccc(OC)cc3O)[C@@H](c3ccc(OC)cc3)O[C@H]2c2cc([C@@H](c3ccc(OC)cc3OC)[C@@H]3c4cc(C=CC(=O)c5ccc(OC)cc5OC)ccc4O[C@H]3c3ccc(OC)cc3)c(OC)cc2OC)cc1. The first kappa shape index (κ1) is 58.6. The Balaban J connectivity index is 1.20. The van der Waals surface area contributed by atoms with Gasteiger partial charge in [0.1, 0.15) is 75.1 Å². The third-order valence-electron chi connectivity index (χ3n) is 16.2. The maximum atomic E-state index is 15.7. The number of phenolic OH excluding ortho intramolecular Hbond substituents is 1.